The van der Waals surface area contributed by atoms with Gasteiger partial charge in [0.1, 0.15) is 12.6 Å². The molecule has 110 valence electrons. The van der Waals surface area contributed by atoms with Crippen molar-refractivity contribution in [3.63, 3.8) is 0 Å². The van der Waals surface area contributed by atoms with E-state index in [-0.39, 0.29) is 24.1 Å². The number of nitrogens with zero attached hydrogens (tertiary/aromatic N) is 1. The van der Waals surface area contributed by atoms with Gasteiger partial charge in [0.05, 0.1) is 11.8 Å². The Morgan fingerprint density at radius 2 is 1.86 bits per heavy atom. The van der Waals surface area contributed by atoms with Crippen molar-refractivity contribution in [2.24, 2.45) is 0 Å². The first kappa shape index (κ1) is 13.8. The number of carbonyl (C=O) groups is 2. The van der Waals surface area contributed by atoms with Gasteiger partial charge in [-0.2, -0.15) is 0 Å². The van der Waals surface area contributed by atoms with Gasteiger partial charge in [0.2, 0.25) is 5.91 Å². The molecular formula is C14H14N2O4S. The predicted octanol–water partition coefficient (Wildman–Crippen LogP) is -0.00320. The lowest BCUT2D eigenvalue weighted by atomic mass is 10.0. The second kappa shape index (κ2) is 5.00. The van der Waals surface area contributed by atoms with Gasteiger partial charge in [-0.15, -0.1) is 0 Å². The Kier molecular flexibility index (Phi) is 3.29. The van der Waals surface area contributed by atoms with Crippen LogP contribution >= 0.6 is 0 Å². The maximum absolute atomic E-state index is 12.6. The van der Waals surface area contributed by atoms with Crippen molar-refractivity contribution in [1.82, 2.24) is 10.2 Å². The molecule has 1 saturated heterocycles. The number of hydrogen-bond donors (Lipinski definition) is 1. The molecule has 3 rings (SSSR count). The molecule has 0 saturated carbocycles. The van der Waals surface area contributed by atoms with E-state index in [1.807, 2.05) is 6.07 Å². The quantitative estimate of drug-likeness (QED) is 0.833. The molecule has 2 amide bonds. The topological polar surface area (TPSA) is 83.6 Å². The van der Waals surface area contributed by atoms with Crippen molar-refractivity contribution >= 4 is 21.7 Å². The molecule has 0 radical (unpaired) electrons. The third kappa shape index (κ3) is 2.69. The fourth-order valence-corrected chi connectivity index (χ4v) is 3.87. The molecule has 0 aliphatic carbocycles. The minimum Gasteiger partial charge on any atom is -0.339 e. The van der Waals surface area contributed by atoms with E-state index in [1.54, 1.807) is 24.3 Å². The van der Waals surface area contributed by atoms with Gasteiger partial charge in [-0.05, 0) is 11.6 Å². The molecule has 21 heavy (non-hydrogen) atoms. The van der Waals surface area contributed by atoms with Crippen LogP contribution in [0.1, 0.15) is 11.6 Å². The van der Waals surface area contributed by atoms with Gasteiger partial charge in [-0.3, -0.25) is 9.59 Å². The zero-order valence-corrected chi connectivity index (χ0v) is 11.9. The number of amides is 2. The zero-order valence-electron chi connectivity index (χ0n) is 11.1. The summed E-state index contributed by atoms with van der Waals surface area (Å²) in [7, 11) is -3.27. The number of benzene rings is 1. The van der Waals surface area contributed by atoms with Gasteiger partial charge in [0, 0.05) is 5.41 Å². The van der Waals surface area contributed by atoms with Crippen LogP contribution in [0.3, 0.4) is 0 Å². The van der Waals surface area contributed by atoms with Gasteiger partial charge in [-0.25, -0.2) is 8.42 Å². The average molecular weight is 306 g/mol. The molecule has 2 unspecified atom stereocenters. The Labute approximate surface area is 122 Å². The van der Waals surface area contributed by atoms with Crippen molar-refractivity contribution in [3.05, 3.63) is 47.4 Å². The summed E-state index contributed by atoms with van der Waals surface area (Å²) >= 11 is 0. The molecule has 1 N–H and O–H groups in total. The number of carbonyl (C=O) groups excluding carboxylic acids is 2. The van der Waals surface area contributed by atoms with E-state index in [9.17, 15) is 18.0 Å². The van der Waals surface area contributed by atoms with Crippen molar-refractivity contribution in [2.45, 2.75) is 12.1 Å². The molecule has 0 aromatic heterocycles. The molecule has 1 aromatic carbocycles. The lowest BCUT2D eigenvalue weighted by Crippen LogP contribution is -2.56. The highest BCUT2D eigenvalue weighted by Gasteiger charge is 2.39. The first-order valence-corrected chi connectivity index (χ1v) is 8.23. The molecule has 0 spiro atoms. The maximum Gasteiger partial charge on any atom is 0.250 e. The van der Waals surface area contributed by atoms with Crippen LogP contribution in [-0.4, -0.2) is 43.5 Å². The summed E-state index contributed by atoms with van der Waals surface area (Å²) in [6.45, 7) is -0.118. The summed E-state index contributed by atoms with van der Waals surface area (Å²) in [5.74, 6) is -0.734. The lowest BCUT2D eigenvalue weighted by Gasteiger charge is -2.35. The van der Waals surface area contributed by atoms with E-state index in [4.69, 9.17) is 0 Å². The SMILES string of the molecule is O=C1CN(C2C=CS(=O)(=O)C2)C(=O)C(c2ccccc2)N1. The highest BCUT2D eigenvalue weighted by atomic mass is 32.2. The van der Waals surface area contributed by atoms with E-state index in [0.717, 1.165) is 5.41 Å². The van der Waals surface area contributed by atoms with Crippen molar-refractivity contribution in [1.29, 1.82) is 0 Å². The number of piperazine rings is 1. The van der Waals surface area contributed by atoms with Crippen LogP contribution in [0.5, 0.6) is 0 Å². The van der Waals surface area contributed by atoms with Gasteiger partial charge in [0.15, 0.2) is 9.84 Å². The highest BCUT2D eigenvalue weighted by Crippen LogP contribution is 2.23. The molecule has 1 fully saturated rings. The molecule has 0 bridgehead atoms. The summed E-state index contributed by atoms with van der Waals surface area (Å²) in [6, 6.07) is 7.58. The van der Waals surface area contributed by atoms with Crippen LogP contribution in [0, 0.1) is 0 Å². The van der Waals surface area contributed by atoms with Crippen LogP contribution in [0.25, 0.3) is 0 Å². The molecule has 6 nitrogen and oxygen atoms in total. The number of nitrogens with one attached hydrogen (secondary N) is 1. The minimum atomic E-state index is -3.27. The third-order valence-electron chi connectivity index (χ3n) is 3.59. The molecular weight excluding hydrogens is 292 g/mol. The number of sulfone groups is 1. The predicted molar refractivity (Wildman–Crippen MR) is 75.8 cm³/mol. The summed E-state index contributed by atoms with van der Waals surface area (Å²) in [5.41, 5.74) is 0.686. The molecule has 2 atom stereocenters. The van der Waals surface area contributed by atoms with E-state index in [1.165, 1.54) is 11.0 Å². The molecule has 7 heteroatoms. The summed E-state index contributed by atoms with van der Waals surface area (Å²) < 4.78 is 23.0. The molecule has 1 aromatic rings. The standard InChI is InChI=1S/C14H14N2O4S/c17-12-8-16(11-6-7-21(19,20)9-11)14(18)13(15-12)10-4-2-1-3-5-10/h1-7,11,13H,8-9H2,(H,15,17). The monoisotopic (exact) mass is 306 g/mol. The van der Waals surface area contributed by atoms with Gasteiger partial charge < -0.3 is 10.2 Å². The molecule has 2 heterocycles. The molecule has 2 aliphatic rings. The fourth-order valence-electron chi connectivity index (χ4n) is 2.57. The summed E-state index contributed by atoms with van der Waals surface area (Å²) in [4.78, 5) is 25.7. The Hall–Kier alpha value is -2.15. The normalized spacial score (nSPS) is 27.7. The van der Waals surface area contributed by atoms with Crippen LogP contribution in [-0.2, 0) is 19.4 Å². The first-order valence-electron chi connectivity index (χ1n) is 6.52. The second-order valence-corrected chi connectivity index (χ2v) is 7.03. The minimum absolute atomic E-state index is 0.118. The zero-order chi connectivity index (χ0) is 15.0. The van der Waals surface area contributed by atoms with Crippen molar-refractivity contribution in [2.75, 3.05) is 12.3 Å². The fraction of sp³-hybridized carbons (Fsp3) is 0.286. The lowest BCUT2D eigenvalue weighted by molar-refractivity contribution is -0.145. The second-order valence-electron chi connectivity index (χ2n) is 5.10. The van der Waals surface area contributed by atoms with Gasteiger partial charge >= 0.3 is 0 Å². The van der Waals surface area contributed by atoms with E-state index in [0.29, 0.717) is 5.56 Å². The largest absolute Gasteiger partial charge is 0.339 e. The van der Waals surface area contributed by atoms with Crippen LogP contribution in [0.2, 0.25) is 0 Å². The summed E-state index contributed by atoms with van der Waals surface area (Å²) in [6.07, 6.45) is 1.47. The Morgan fingerprint density at radius 1 is 1.14 bits per heavy atom. The van der Waals surface area contributed by atoms with Crippen molar-refractivity contribution < 1.29 is 18.0 Å². The van der Waals surface area contributed by atoms with E-state index >= 15 is 0 Å². The van der Waals surface area contributed by atoms with Crippen LogP contribution in [0.4, 0.5) is 0 Å². The van der Waals surface area contributed by atoms with Crippen molar-refractivity contribution in [3.8, 4) is 0 Å². The average Bonchev–Trinajstić information content (AvgIpc) is 2.82. The summed E-state index contributed by atoms with van der Waals surface area (Å²) in [5, 5.41) is 3.76. The third-order valence-corrected chi connectivity index (χ3v) is 4.97. The smallest absolute Gasteiger partial charge is 0.250 e. The number of rotatable bonds is 2. The Bertz CT molecular complexity index is 712. The van der Waals surface area contributed by atoms with Crippen LogP contribution in [0.15, 0.2) is 41.8 Å². The van der Waals surface area contributed by atoms with E-state index < -0.39 is 21.9 Å². The Balaban J connectivity index is 1.88. The van der Waals surface area contributed by atoms with Crippen LogP contribution < -0.4 is 5.32 Å². The van der Waals surface area contributed by atoms with Gasteiger partial charge in [-0.1, -0.05) is 30.3 Å². The highest BCUT2D eigenvalue weighted by molar-refractivity contribution is 7.94. The molecule has 2 aliphatic heterocycles. The maximum atomic E-state index is 12.6. The Morgan fingerprint density at radius 3 is 2.48 bits per heavy atom. The number of hydrogen-bond acceptors (Lipinski definition) is 4. The first-order chi connectivity index (χ1) is 9.96. The van der Waals surface area contributed by atoms with Gasteiger partial charge in [0.25, 0.3) is 5.91 Å². The van der Waals surface area contributed by atoms with E-state index in [2.05, 4.69) is 5.32 Å².